The van der Waals surface area contributed by atoms with Crippen LogP contribution in [0.2, 0.25) is 0 Å². The van der Waals surface area contributed by atoms with Gasteiger partial charge in [0.15, 0.2) is 0 Å². The Morgan fingerprint density at radius 1 is 0.562 bits per heavy atom. The fourth-order valence-corrected chi connectivity index (χ4v) is 4.80. The zero-order valence-electron chi connectivity index (χ0n) is 25.5. The maximum absolute atomic E-state index is 13.5. The van der Waals surface area contributed by atoms with Crippen molar-refractivity contribution >= 4 is 35.2 Å². The third-order valence-corrected chi connectivity index (χ3v) is 6.81. The monoisotopic (exact) mass is 668 g/mol. The SMILES string of the molecule is CC(=O)n1c(CO[N+](=O)OCc2c(C(=O)c3ccc(F)cc3)n(C(C)=O)c(=O)n2C(C)=O)c(C(=O)c2ccc(F)cc2)n(C(C)=O)c1=O. The van der Waals surface area contributed by atoms with E-state index in [0.717, 1.165) is 76.2 Å². The van der Waals surface area contributed by atoms with E-state index in [1.807, 2.05) is 0 Å². The van der Waals surface area contributed by atoms with Gasteiger partial charge in [-0.2, -0.15) is 9.68 Å². The standard InChI is InChI=1S/C30H24F2N5O11/c1-15(38)33-23(25(35(17(3)40)29(33)44)27(42)19-5-9-21(31)10-6-19)13-47-37(46)48-14-24-26(28(43)20-7-11-22(32)12-8-20)36(18(4)41)30(45)34(24)16(2)39/h5-12H,13-14H2,1-4H3/q+1. The van der Waals surface area contributed by atoms with E-state index in [-0.39, 0.29) is 11.1 Å². The maximum Gasteiger partial charge on any atom is 0.478 e. The Labute approximate surface area is 266 Å². The van der Waals surface area contributed by atoms with E-state index in [0.29, 0.717) is 18.3 Å². The van der Waals surface area contributed by atoms with Gasteiger partial charge in [0, 0.05) is 38.8 Å². The second-order valence-corrected chi connectivity index (χ2v) is 10.0. The molecule has 0 unspecified atom stereocenters. The predicted molar refractivity (Wildman–Crippen MR) is 155 cm³/mol. The average molecular weight is 669 g/mol. The molecule has 0 N–H and O–H groups in total. The van der Waals surface area contributed by atoms with Crippen LogP contribution in [0.25, 0.3) is 0 Å². The van der Waals surface area contributed by atoms with E-state index in [2.05, 4.69) is 0 Å². The summed E-state index contributed by atoms with van der Waals surface area (Å²) in [5.74, 6) is -7.37. The summed E-state index contributed by atoms with van der Waals surface area (Å²) in [5, 5.41) is -0.599. The van der Waals surface area contributed by atoms with Crippen LogP contribution in [0.1, 0.15) is 90.4 Å². The molecule has 248 valence electrons. The molecular formula is C30H24F2N5O11+. The molecule has 4 rings (SSSR count). The molecule has 0 fully saturated rings. The van der Waals surface area contributed by atoms with Gasteiger partial charge < -0.3 is 0 Å². The smallest absolute Gasteiger partial charge is 0.287 e. The van der Waals surface area contributed by atoms with Crippen molar-refractivity contribution in [2.45, 2.75) is 40.9 Å². The Morgan fingerprint density at radius 2 is 0.854 bits per heavy atom. The van der Waals surface area contributed by atoms with Crippen molar-refractivity contribution in [2.24, 2.45) is 0 Å². The molecule has 48 heavy (non-hydrogen) atoms. The molecular weight excluding hydrogens is 644 g/mol. The molecule has 16 nitrogen and oxygen atoms in total. The first-order valence-corrected chi connectivity index (χ1v) is 13.7. The van der Waals surface area contributed by atoms with Crippen molar-refractivity contribution in [3.05, 3.63) is 120 Å². The minimum Gasteiger partial charge on any atom is -0.287 e. The first-order chi connectivity index (χ1) is 22.6. The van der Waals surface area contributed by atoms with E-state index in [9.17, 15) is 52.0 Å². The van der Waals surface area contributed by atoms with Crippen molar-refractivity contribution < 1.29 is 52.3 Å². The van der Waals surface area contributed by atoms with Crippen molar-refractivity contribution in [3.8, 4) is 0 Å². The number of carbonyl (C=O) groups is 6. The lowest BCUT2D eigenvalue weighted by Gasteiger charge is -2.07. The van der Waals surface area contributed by atoms with Crippen LogP contribution in [-0.4, -0.2) is 58.6 Å². The number of nitrogens with zero attached hydrogens (tertiary/aromatic N) is 5. The van der Waals surface area contributed by atoms with Crippen LogP contribution in [0.4, 0.5) is 8.78 Å². The van der Waals surface area contributed by atoms with Gasteiger partial charge in [-0.1, -0.05) is 0 Å². The molecule has 18 heteroatoms. The van der Waals surface area contributed by atoms with Crippen molar-refractivity contribution in [1.29, 1.82) is 0 Å². The van der Waals surface area contributed by atoms with Crippen molar-refractivity contribution in [2.75, 3.05) is 0 Å². The van der Waals surface area contributed by atoms with Crippen LogP contribution < -0.4 is 11.4 Å². The van der Waals surface area contributed by atoms with E-state index >= 15 is 0 Å². The van der Waals surface area contributed by atoms with Gasteiger partial charge in [-0.15, -0.1) is 0 Å². The van der Waals surface area contributed by atoms with E-state index < -0.39 is 99.3 Å². The molecule has 0 aliphatic rings. The van der Waals surface area contributed by atoms with Gasteiger partial charge in [-0.05, 0) is 48.5 Å². The number of ketones is 2. The third kappa shape index (κ3) is 6.43. The fraction of sp³-hybridized carbons (Fsp3) is 0.200. The molecule has 0 spiro atoms. The fourth-order valence-electron chi connectivity index (χ4n) is 4.80. The van der Waals surface area contributed by atoms with Gasteiger partial charge in [0.25, 0.3) is 0 Å². The molecule has 0 aliphatic heterocycles. The van der Waals surface area contributed by atoms with Crippen LogP contribution in [-0.2, 0) is 22.9 Å². The lowest BCUT2D eigenvalue weighted by molar-refractivity contribution is -0.988. The molecule has 0 aliphatic carbocycles. The van der Waals surface area contributed by atoms with E-state index in [4.69, 9.17) is 9.68 Å². The normalized spacial score (nSPS) is 10.8. The summed E-state index contributed by atoms with van der Waals surface area (Å²) in [6.45, 7) is 1.58. The minimum atomic E-state index is -1.27. The number of aromatic nitrogens is 4. The molecule has 2 aromatic heterocycles. The van der Waals surface area contributed by atoms with Crippen LogP contribution in [0.15, 0.2) is 58.1 Å². The number of benzene rings is 2. The van der Waals surface area contributed by atoms with Gasteiger partial charge in [0.1, 0.15) is 39.3 Å². The topological polar surface area (TPSA) is 195 Å². The predicted octanol–water partition coefficient (Wildman–Crippen LogP) is 2.34. The summed E-state index contributed by atoms with van der Waals surface area (Å²) in [7, 11) is 0. The molecule has 2 heterocycles. The maximum atomic E-state index is 13.5. The molecule has 0 amide bonds. The molecule has 0 saturated carbocycles. The van der Waals surface area contributed by atoms with E-state index in [1.165, 1.54) is 0 Å². The van der Waals surface area contributed by atoms with Gasteiger partial charge in [-0.3, -0.25) is 28.8 Å². The lowest BCUT2D eigenvalue weighted by Crippen LogP contribution is -2.32. The molecule has 0 atom stereocenters. The minimum absolute atomic E-state index is 0.195. The second kappa shape index (κ2) is 13.5. The zero-order valence-corrected chi connectivity index (χ0v) is 25.5. The summed E-state index contributed by atoms with van der Waals surface area (Å²) in [6.07, 6.45) is 0. The summed E-state index contributed by atoms with van der Waals surface area (Å²) in [5.41, 5.74) is -5.43. The highest BCUT2D eigenvalue weighted by Crippen LogP contribution is 2.19. The first-order valence-electron chi connectivity index (χ1n) is 13.7. The van der Waals surface area contributed by atoms with Gasteiger partial charge in [-0.25, -0.2) is 36.6 Å². The summed E-state index contributed by atoms with van der Waals surface area (Å²) >= 11 is 0. The first kappa shape index (κ1) is 34.4. The summed E-state index contributed by atoms with van der Waals surface area (Å²) in [6, 6.07) is 7.95. The molecule has 0 saturated heterocycles. The number of hydrogen-bond acceptors (Lipinski definition) is 11. The molecule has 0 bridgehead atoms. The zero-order chi connectivity index (χ0) is 35.6. The molecule has 2 aromatic carbocycles. The summed E-state index contributed by atoms with van der Waals surface area (Å²) < 4.78 is 28.5. The van der Waals surface area contributed by atoms with Gasteiger partial charge in [0.2, 0.25) is 48.4 Å². The average Bonchev–Trinajstić information content (AvgIpc) is 3.49. The Kier molecular flexibility index (Phi) is 9.67. The second-order valence-electron chi connectivity index (χ2n) is 10.0. The Bertz CT molecular complexity index is 2000. The number of imidazole rings is 2. The largest absolute Gasteiger partial charge is 0.478 e. The highest BCUT2D eigenvalue weighted by Gasteiger charge is 2.34. The summed E-state index contributed by atoms with van der Waals surface area (Å²) in [4.78, 5) is 125. The lowest BCUT2D eigenvalue weighted by atomic mass is 10.1. The number of carbonyl (C=O) groups excluding carboxylic acids is 6. The quantitative estimate of drug-likeness (QED) is 0.178. The molecule has 4 aromatic rings. The highest BCUT2D eigenvalue weighted by molar-refractivity contribution is 6.11. The molecule has 0 radical (unpaired) electrons. The Morgan fingerprint density at radius 3 is 1.12 bits per heavy atom. The van der Waals surface area contributed by atoms with Gasteiger partial charge in [0.05, 0.1) is 0 Å². The number of rotatable bonds is 10. The highest BCUT2D eigenvalue weighted by atomic mass is 19.1. The van der Waals surface area contributed by atoms with Gasteiger partial charge >= 0.3 is 16.5 Å². The van der Waals surface area contributed by atoms with Crippen molar-refractivity contribution in [3.63, 3.8) is 0 Å². The van der Waals surface area contributed by atoms with Crippen LogP contribution in [0, 0.1) is 16.5 Å². The number of hydrogen-bond donors (Lipinski definition) is 0. The van der Waals surface area contributed by atoms with Crippen LogP contribution >= 0.6 is 0 Å². The third-order valence-electron chi connectivity index (χ3n) is 6.81. The van der Waals surface area contributed by atoms with Crippen molar-refractivity contribution in [1.82, 2.24) is 18.3 Å². The van der Waals surface area contributed by atoms with Crippen LogP contribution in [0.5, 0.6) is 0 Å². The Balaban J connectivity index is 1.71. The van der Waals surface area contributed by atoms with Crippen LogP contribution in [0.3, 0.4) is 0 Å². The van der Waals surface area contributed by atoms with E-state index in [1.54, 1.807) is 0 Å². The number of halogens is 2. The Hall–Kier alpha value is -6.46.